The predicted molar refractivity (Wildman–Crippen MR) is 68.2 cm³/mol. The van der Waals surface area contributed by atoms with E-state index < -0.39 is 12.0 Å². The van der Waals surface area contributed by atoms with Crippen molar-refractivity contribution < 1.29 is 9.90 Å². The molecule has 2 aromatic rings. The Labute approximate surface area is 105 Å². The predicted octanol–water partition coefficient (Wildman–Crippen LogP) is 2.03. The number of anilines is 1. The summed E-state index contributed by atoms with van der Waals surface area (Å²) < 4.78 is 0. The van der Waals surface area contributed by atoms with Crippen LogP contribution in [0.3, 0.4) is 0 Å². The summed E-state index contributed by atoms with van der Waals surface area (Å²) in [6.45, 7) is 1.58. The van der Waals surface area contributed by atoms with Gasteiger partial charge in [0.2, 0.25) is 0 Å². The van der Waals surface area contributed by atoms with Gasteiger partial charge >= 0.3 is 5.97 Å². The molecule has 2 heterocycles. The highest BCUT2D eigenvalue weighted by Gasteiger charge is 2.10. The van der Waals surface area contributed by atoms with Gasteiger partial charge in [-0.1, -0.05) is 6.07 Å². The van der Waals surface area contributed by atoms with E-state index in [-0.39, 0.29) is 0 Å². The molecule has 0 bridgehead atoms. The first-order valence-corrected chi connectivity index (χ1v) is 5.53. The average Bonchev–Trinajstić information content (AvgIpc) is 2.40. The van der Waals surface area contributed by atoms with Crippen molar-refractivity contribution in [2.45, 2.75) is 13.0 Å². The van der Waals surface area contributed by atoms with Crippen LogP contribution in [-0.4, -0.2) is 27.1 Å². The van der Waals surface area contributed by atoms with Crippen molar-refractivity contribution in [1.82, 2.24) is 9.97 Å². The normalized spacial score (nSPS) is 11.8. The molecule has 0 fully saturated rings. The van der Waals surface area contributed by atoms with Gasteiger partial charge in [0, 0.05) is 6.20 Å². The summed E-state index contributed by atoms with van der Waals surface area (Å²) in [5, 5.41) is 11.6. The maximum atomic E-state index is 10.7. The van der Waals surface area contributed by atoms with Gasteiger partial charge in [-0.25, -0.2) is 0 Å². The number of pyridine rings is 2. The molecule has 2 rings (SSSR count). The second kappa shape index (κ2) is 5.27. The lowest BCUT2D eigenvalue weighted by Crippen LogP contribution is -2.25. The Morgan fingerprint density at radius 3 is 2.56 bits per heavy atom. The quantitative estimate of drug-likeness (QED) is 0.859. The Balaban J connectivity index is 2.13. The third-order valence-electron chi connectivity index (χ3n) is 2.44. The number of aliphatic carboxylic acids is 1. The van der Waals surface area contributed by atoms with E-state index in [1.54, 1.807) is 31.5 Å². The number of hydrogen-bond acceptors (Lipinski definition) is 4. The van der Waals surface area contributed by atoms with Crippen molar-refractivity contribution in [2.24, 2.45) is 0 Å². The van der Waals surface area contributed by atoms with Crippen LogP contribution in [0.4, 0.5) is 5.69 Å². The first kappa shape index (κ1) is 12.0. The second-order valence-corrected chi connectivity index (χ2v) is 3.85. The summed E-state index contributed by atoms with van der Waals surface area (Å²) in [6, 6.07) is 8.55. The number of rotatable bonds is 4. The SMILES string of the molecule is C[C@H](Nc1ccc(-c2ccccn2)nc1)C(=O)O. The second-order valence-electron chi connectivity index (χ2n) is 3.85. The van der Waals surface area contributed by atoms with Gasteiger partial charge in [0.15, 0.2) is 0 Å². The number of nitrogens with zero attached hydrogens (tertiary/aromatic N) is 2. The van der Waals surface area contributed by atoms with E-state index in [0.29, 0.717) is 5.69 Å². The summed E-state index contributed by atoms with van der Waals surface area (Å²) in [7, 11) is 0. The smallest absolute Gasteiger partial charge is 0.325 e. The fourth-order valence-corrected chi connectivity index (χ4v) is 1.46. The van der Waals surface area contributed by atoms with Gasteiger partial charge in [0.05, 0.1) is 23.3 Å². The van der Waals surface area contributed by atoms with Crippen molar-refractivity contribution in [3.05, 3.63) is 42.7 Å². The molecule has 2 N–H and O–H groups in total. The van der Waals surface area contributed by atoms with Gasteiger partial charge in [-0.15, -0.1) is 0 Å². The maximum Gasteiger partial charge on any atom is 0.325 e. The van der Waals surface area contributed by atoms with E-state index in [1.807, 2.05) is 18.2 Å². The Morgan fingerprint density at radius 2 is 2.00 bits per heavy atom. The molecule has 0 aliphatic rings. The zero-order valence-corrected chi connectivity index (χ0v) is 9.87. The Hall–Kier alpha value is -2.43. The highest BCUT2D eigenvalue weighted by molar-refractivity contribution is 5.76. The molecule has 18 heavy (non-hydrogen) atoms. The summed E-state index contributed by atoms with van der Waals surface area (Å²) in [5.41, 5.74) is 2.21. The molecule has 1 atom stereocenters. The zero-order valence-electron chi connectivity index (χ0n) is 9.87. The third-order valence-corrected chi connectivity index (χ3v) is 2.44. The van der Waals surface area contributed by atoms with Crippen LogP contribution in [0, 0.1) is 0 Å². The van der Waals surface area contributed by atoms with Crippen molar-refractivity contribution >= 4 is 11.7 Å². The molecule has 0 radical (unpaired) electrons. The van der Waals surface area contributed by atoms with Crippen molar-refractivity contribution in [2.75, 3.05) is 5.32 Å². The maximum absolute atomic E-state index is 10.7. The van der Waals surface area contributed by atoms with Crippen LogP contribution in [0.5, 0.6) is 0 Å². The molecule has 0 spiro atoms. The van der Waals surface area contributed by atoms with Crippen LogP contribution in [0.25, 0.3) is 11.4 Å². The molecular formula is C13H13N3O2. The van der Waals surface area contributed by atoms with E-state index in [4.69, 9.17) is 5.11 Å². The van der Waals surface area contributed by atoms with Crippen molar-refractivity contribution in [1.29, 1.82) is 0 Å². The van der Waals surface area contributed by atoms with Gasteiger partial charge in [0.25, 0.3) is 0 Å². The lowest BCUT2D eigenvalue weighted by atomic mass is 10.2. The van der Waals surface area contributed by atoms with E-state index >= 15 is 0 Å². The van der Waals surface area contributed by atoms with Crippen LogP contribution in [0.15, 0.2) is 42.7 Å². The van der Waals surface area contributed by atoms with Gasteiger partial charge in [0.1, 0.15) is 6.04 Å². The summed E-state index contributed by atoms with van der Waals surface area (Å²) in [4.78, 5) is 19.1. The Morgan fingerprint density at radius 1 is 1.22 bits per heavy atom. The highest BCUT2D eigenvalue weighted by Crippen LogP contribution is 2.16. The number of carbonyl (C=O) groups is 1. The topological polar surface area (TPSA) is 75.1 Å². The summed E-state index contributed by atoms with van der Waals surface area (Å²) in [5.74, 6) is -0.899. The fourth-order valence-electron chi connectivity index (χ4n) is 1.46. The molecule has 0 saturated heterocycles. The van der Waals surface area contributed by atoms with Gasteiger partial charge in [-0.05, 0) is 31.2 Å². The Bertz CT molecular complexity index is 526. The highest BCUT2D eigenvalue weighted by atomic mass is 16.4. The standard InChI is InChI=1S/C13H13N3O2/c1-9(13(17)18)16-10-5-6-12(15-8-10)11-4-2-3-7-14-11/h2-9,16H,1H3,(H,17,18)/t9-/m0/s1. The average molecular weight is 243 g/mol. The molecule has 0 saturated carbocycles. The van der Waals surface area contributed by atoms with E-state index in [0.717, 1.165) is 11.4 Å². The first-order valence-electron chi connectivity index (χ1n) is 5.53. The molecular weight excluding hydrogens is 230 g/mol. The molecule has 0 aromatic carbocycles. The van der Waals surface area contributed by atoms with Crippen molar-refractivity contribution in [3.8, 4) is 11.4 Å². The molecule has 5 nitrogen and oxygen atoms in total. The van der Waals surface area contributed by atoms with Crippen LogP contribution in [-0.2, 0) is 4.79 Å². The summed E-state index contributed by atoms with van der Waals surface area (Å²) in [6.07, 6.45) is 3.30. The van der Waals surface area contributed by atoms with Crippen LogP contribution in [0.1, 0.15) is 6.92 Å². The monoisotopic (exact) mass is 243 g/mol. The third kappa shape index (κ3) is 2.82. The van der Waals surface area contributed by atoms with E-state index in [1.165, 1.54) is 0 Å². The lowest BCUT2D eigenvalue weighted by Gasteiger charge is -2.10. The molecule has 0 amide bonds. The molecule has 5 heteroatoms. The summed E-state index contributed by atoms with van der Waals surface area (Å²) >= 11 is 0. The minimum absolute atomic E-state index is 0.646. The first-order chi connectivity index (χ1) is 8.66. The molecule has 0 aliphatic heterocycles. The van der Waals surface area contributed by atoms with E-state index in [9.17, 15) is 4.79 Å². The molecule has 0 unspecified atom stereocenters. The van der Waals surface area contributed by atoms with Crippen LogP contribution < -0.4 is 5.32 Å². The lowest BCUT2D eigenvalue weighted by molar-refractivity contribution is -0.137. The minimum Gasteiger partial charge on any atom is -0.480 e. The van der Waals surface area contributed by atoms with Crippen LogP contribution >= 0.6 is 0 Å². The number of aromatic nitrogens is 2. The van der Waals surface area contributed by atoms with Gasteiger partial charge in [-0.3, -0.25) is 14.8 Å². The van der Waals surface area contributed by atoms with Crippen LogP contribution in [0.2, 0.25) is 0 Å². The van der Waals surface area contributed by atoms with E-state index in [2.05, 4.69) is 15.3 Å². The number of nitrogens with one attached hydrogen (secondary N) is 1. The number of carboxylic acids is 1. The number of hydrogen-bond donors (Lipinski definition) is 2. The number of carboxylic acid groups (broad SMARTS) is 1. The minimum atomic E-state index is -0.899. The molecule has 0 aliphatic carbocycles. The zero-order chi connectivity index (χ0) is 13.0. The largest absolute Gasteiger partial charge is 0.480 e. The van der Waals surface area contributed by atoms with Gasteiger partial charge in [-0.2, -0.15) is 0 Å². The fraction of sp³-hybridized carbons (Fsp3) is 0.154. The van der Waals surface area contributed by atoms with Crippen molar-refractivity contribution in [3.63, 3.8) is 0 Å². The Kier molecular flexibility index (Phi) is 3.52. The van der Waals surface area contributed by atoms with Gasteiger partial charge < -0.3 is 10.4 Å². The molecule has 2 aromatic heterocycles. The molecule has 92 valence electrons.